The van der Waals surface area contributed by atoms with E-state index in [4.69, 9.17) is 10.5 Å². The first-order valence-corrected chi connectivity index (χ1v) is 6.51. The van der Waals surface area contributed by atoms with Crippen molar-refractivity contribution in [3.63, 3.8) is 0 Å². The van der Waals surface area contributed by atoms with E-state index >= 15 is 0 Å². The fourth-order valence-corrected chi connectivity index (χ4v) is 2.40. The second-order valence-electron chi connectivity index (χ2n) is 4.99. The molecule has 1 unspecified atom stereocenters. The summed E-state index contributed by atoms with van der Waals surface area (Å²) in [7, 11) is 1.68. The van der Waals surface area contributed by atoms with Crippen molar-refractivity contribution in [2.75, 3.05) is 7.11 Å². The number of ether oxygens (including phenoxy) is 1. The van der Waals surface area contributed by atoms with Crippen LogP contribution in [0.25, 0.3) is 0 Å². The minimum Gasteiger partial charge on any atom is -0.497 e. The molecule has 1 atom stereocenters. The molecule has 0 saturated carbocycles. The molecule has 2 aromatic rings. The van der Waals surface area contributed by atoms with Gasteiger partial charge in [-0.15, -0.1) is 0 Å². The van der Waals surface area contributed by atoms with Crippen LogP contribution in [0.1, 0.15) is 33.9 Å². The Morgan fingerprint density at radius 1 is 0.947 bits per heavy atom. The van der Waals surface area contributed by atoms with Crippen LogP contribution in [0.5, 0.6) is 5.75 Å². The first-order valence-electron chi connectivity index (χ1n) is 6.51. The molecule has 0 radical (unpaired) electrons. The Morgan fingerprint density at radius 2 is 1.68 bits per heavy atom. The van der Waals surface area contributed by atoms with Crippen molar-refractivity contribution < 1.29 is 4.74 Å². The van der Waals surface area contributed by atoms with E-state index in [2.05, 4.69) is 45.0 Å². The summed E-state index contributed by atoms with van der Waals surface area (Å²) < 4.78 is 5.24. The quantitative estimate of drug-likeness (QED) is 0.908. The van der Waals surface area contributed by atoms with Crippen molar-refractivity contribution in [3.8, 4) is 5.75 Å². The summed E-state index contributed by atoms with van der Waals surface area (Å²) in [5.74, 6) is 0.870. The van der Waals surface area contributed by atoms with Gasteiger partial charge in [-0.2, -0.15) is 0 Å². The third-order valence-corrected chi connectivity index (χ3v) is 3.79. The molecule has 0 aromatic heterocycles. The van der Waals surface area contributed by atoms with E-state index in [1.807, 2.05) is 12.1 Å². The van der Waals surface area contributed by atoms with Crippen LogP contribution in [0, 0.1) is 20.8 Å². The van der Waals surface area contributed by atoms with Crippen LogP contribution < -0.4 is 10.5 Å². The molecular weight excluding hydrogens is 234 g/mol. The maximum atomic E-state index is 6.44. The number of rotatable bonds is 3. The average Bonchev–Trinajstić information content (AvgIpc) is 2.41. The molecule has 19 heavy (non-hydrogen) atoms. The molecule has 2 N–H and O–H groups in total. The molecule has 0 saturated heterocycles. The molecule has 0 fully saturated rings. The normalized spacial score (nSPS) is 12.3. The van der Waals surface area contributed by atoms with E-state index in [-0.39, 0.29) is 6.04 Å². The predicted octanol–water partition coefficient (Wildman–Crippen LogP) is 3.67. The molecule has 100 valence electrons. The van der Waals surface area contributed by atoms with Crippen LogP contribution >= 0.6 is 0 Å². The average molecular weight is 255 g/mol. The monoisotopic (exact) mass is 255 g/mol. The highest BCUT2D eigenvalue weighted by atomic mass is 16.5. The predicted molar refractivity (Wildman–Crippen MR) is 79.7 cm³/mol. The molecule has 2 rings (SSSR count). The van der Waals surface area contributed by atoms with E-state index < -0.39 is 0 Å². The van der Waals surface area contributed by atoms with Crippen LogP contribution in [-0.4, -0.2) is 7.11 Å². The summed E-state index contributed by atoms with van der Waals surface area (Å²) in [5, 5.41) is 0. The molecule has 2 nitrogen and oxygen atoms in total. The van der Waals surface area contributed by atoms with Gasteiger partial charge in [-0.3, -0.25) is 0 Å². The standard InChI is InChI=1S/C17H21NO/c1-11-6-5-7-16(13(11)3)17(18)15-9-8-14(19-4)10-12(15)2/h5-10,17H,18H2,1-4H3. The number of aryl methyl sites for hydroxylation is 2. The van der Waals surface area contributed by atoms with E-state index in [0.717, 1.165) is 16.9 Å². The van der Waals surface area contributed by atoms with Gasteiger partial charge in [0.15, 0.2) is 0 Å². The van der Waals surface area contributed by atoms with Gasteiger partial charge in [-0.1, -0.05) is 24.3 Å². The third kappa shape index (κ3) is 2.64. The summed E-state index contributed by atoms with van der Waals surface area (Å²) in [4.78, 5) is 0. The summed E-state index contributed by atoms with van der Waals surface area (Å²) >= 11 is 0. The first-order chi connectivity index (χ1) is 9.04. The van der Waals surface area contributed by atoms with Crippen molar-refractivity contribution in [2.24, 2.45) is 5.73 Å². The largest absolute Gasteiger partial charge is 0.497 e. The molecular formula is C17H21NO. The van der Waals surface area contributed by atoms with E-state index in [1.165, 1.54) is 16.7 Å². The highest BCUT2D eigenvalue weighted by Crippen LogP contribution is 2.28. The Balaban J connectivity index is 2.44. The van der Waals surface area contributed by atoms with E-state index in [1.54, 1.807) is 7.11 Å². The zero-order valence-electron chi connectivity index (χ0n) is 12.0. The molecule has 0 aliphatic carbocycles. The number of benzene rings is 2. The number of hydrogen-bond acceptors (Lipinski definition) is 2. The van der Waals surface area contributed by atoms with Gasteiger partial charge in [0.05, 0.1) is 13.2 Å². The van der Waals surface area contributed by atoms with Crippen molar-refractivity contribution in [2.45, 2.75) is 26.8 Å². The molecule has 0 amide bonds. The lowest BCUT2D eigenvalue weighted by molar-refractivity contribution is 0.414. The maximum absolute atomic E-state index is 6.44. The smallest absolute Gasteiger partial charge is 0.119 e. The fraction of sp³-hybridized carbons (Fsp3) is 0.294. The molecule has 2 heteroatoms. The third-order valence-electron chi connectivity index (χ3n) is 3.79. The number of methoxy groups -OCH3 is 1. The fourth-order valence-electron chi connectivity index (χ4n) is 2.40. The molecule has 0 spiro atoms. The summed E-state index contributed by atoms with van der Waals surface area (Å²) in [6, 6.07) is 12.2. The zero-order chi connectivity index (χ0) is 14.0. The minimum atomic E-state index is -0.0918. The second-order valence-corrected chi connectivity index (χ2v) is 4.99. The van der Waals surface area contributed by atoms with Gasteiger partial charge in [0.2, 0.25) is 0 Å². The van der Waals surface area contributed by atoms with Gasteiger partial charge >= 0.3 is 0 Å². The molecule has 0 bridgehead atoms. The molecule has 0 aliphatic heterocycles. The lowest BCUT2D eigenvalue weighted by Crippen LogP contribution is -2.15. The highest BCUT2D eigenvalue weighted by molar-refractivity contribution is 5.44. The molecule has 2 aromatic carbocycles. The Hall–Kier alpha value is -1.80. The Labute approximate surface area is 115 Å². The summed E-state index contributed by atoms with van der Waals surface area (Å²) in [5.41, 5.74) is 12.5. The number of nitrogens with two attached hydrogens (primary N) is 1. The van der Waals surface area contributed by atoms with Crippen LogP contribution in [0.15, 0.2) is 36.4 Å². The Kier molecular flexibility index (Phi) is 3.91. The SMILES string of the molecule is COc1ccc(C(N)c2cccc(C)c2C)c(C)c1. The van der Waals surface area contributed by atoms with Crippen molar-refractivity contribution >= 4 is 0 Å². The van der Waals surface area contributed by atoms with Gasteiger partial charge < -0.3 is 10.5 Å². The number of hydrogen-bond donors (Lipinski definition) is 1. The topological polar surface area (TPSA) is 35.2 Å². The lowest BCUT2D eigenvalue weighted by atomic mass is 9.91. The van der Waals surface area contributed by atoms with Crippen LogP contribution in [0.2, 0.25) is 0 Å². The van der Waals surface area contributed by atoms with Crippen LogP contribution in [-0.2, 0) is 0 Å². The van der Waals surface area contributed by atoms with Gasteiger partial charge in [-0.25, -0.2) is 0 Å². The van der Waals surface area contributed by atoms with E-state index in [9.17, 15) is 0 Å². The molecule has 0 aliphatic rings. The summed E-state index contributed by atoms with van der Waals surface area (Å²) in [6.07, 6.45) is 0. The zero-order valence-corrected chi connectivity index (χ0v) is 12.0. The highest BCUT2D eigenvalue weighted by Gasteiger charge is 2.14. The van der Waals surface area contributed by atoms with Gasteiger partial charge in [0, 0.05) is 0 Å². The lowest BCUT2D eigenvalue weighted by Gasteiger charge is -2.19. The Bertz CT molecular complexity index is 590. The first kappa shape index (κ1) is 13.6. The maximum Gasteiger partial charge on any atom is 0.119 e. The van der Waals surface area contributed by atoms with Crippen molar-refractivity contribution in [3.05, 3.63) is 64.2 Å². The van der Waals surface area contributed by atoms with Gasteiger partial charge in [0.1, 0.15) is 5.75 Å². The van der Waals surface area contributed by atoms with Crippen molar-refractivity contribution in [1.29, 1.82) is 0 Å². The van der Waals surface area contributed by atoms with Gasteiger partial charge in [-0.05, 0) is 60.7 Å². The van der Waals surface area contributed by atoms with Crippen LogP contribution in [0.4, 0.5) is 0 Å². The Morgan fingerprint density at radius 3 is 2.32 bits per heavy atom. The second kappa shape index (κ2) is 5.45. The van der Waals surface area contributed by atoms with Gasteiger partial charge in [0.25, 0.3) is 0 Å². The van der Waals surface area contributed by atoms with Crippen LogP contribution in [0.3, 0.4) is 0 Å². The minimum absolute atomic E-state index is 0.0918. The summed E-state index contributed by atoms with van der Waals surface area (Å²) in [6.45, 7) is 6.32. The van der Waals surface area contributed by atoms with Crippen molar-refractivity contribution in [1.82, 2.24) is 0 Å². The molecule has 0 heterocycles. The van der Waals surface area contributed by atoms with E-state index in [0.29, 0.717) is 0 Å².